The molecule has 0 spiro atoms. The minimum absolute atomic E-state index is 0.0547. The minimum Gasteiger partial charge on any atom is -0.497 e. The summed E-state index contributed by atoms with van der Waals surface area (Å²) in [6.07, 6.45) is 4.70. The second-order valence-electron chi connectivity index (χ2n) is 9.68. The molecule has 1 aliphatic rings. The van der Waals surface area contributed by atoms with Gasteiger partial charge in [-0.3, -0.25) is 9.59 Å². The number of thioether (sulfide) groups is 1. The van der Waals surface area contributed by atoms with Gasteiger partial charge >= 0.3 is 0 Å². The molecule has 1 saturated carbocycles. The van der Waals surface area contributed by atoms with Crippen molar-refractivity contribution in [3.63, 3.8) is 0 Å². The molecular formula is C31H35ClN2O3S. The number of methoxy groups -OCH3 is 1. The number of nitrogens with one attached hydrogen (secondary N) is 1. The lowest BCUT2D eigenvalue weighted by atomic mass is 10.0. The van der Waals surface area contributed by atoms with Gasteiger partial charge in [0.05, 0.1) is 12.9 Å². The fourth-order valence-corrected chi connectivity index (χ4v) is 5.77. The Morgan fingerprint density at radius 1 is 0.947 bits per heavy atom. The van der Waals surface area contributed by atoms with Gasteiger partial charge in [0.15, 0.2) is 0 Å². The van der Waals surface area contributed by atoms with Crippen LogP contribution in [0.4, 0.5) is 0 Å². The molecular weight excluding hydrogens is 516 g/mol. The standard InChI is InChI=1S/C31H35ClN2O3S/c1-37-28-17-13-25(14-18-28)21-38-22-30(35)34(20-24-11-15-26(32)16-12-24)29(19-23-7-3-2-4-8-23)31(36)33-27-9-5-6-10-27/h2-4,7-8,11-18,27,29H,5-6,9-10,19-22H2,1H3,(H,33,36)/t29-/m0/s1. The second kappa shape index (κ2) is 14.3. The summed E-state index contributed by atoms with van der Waals surface area (Å²) in [4.78, 5) is 29.2. The number of rotatable bonds is 12. The van der Waals surface area contributed by atoms with Gasteiger partial charge in [-0.25, -0.2) is 0 Å². The molecule has 1 N–H and O–H groups in total. The molecule has 3 aromatic carbocycles. The van der Waals surface area contributed by atoms with Crippen LogP contribution in [0.1, 0.15) is 42.4 Å². The van der Waals surface area contributed by atoms with Gasteiger partial charge in [0.2, 0.25) is 11.8 Å². The summed E-state index contributed by atoms with van der Waals surface area (Å²) in [6, 6.07) is 24.8. The molecule has 0 unspecified atom stereocenters. The predicted molar refractivity (Wildman–Crippen MR) is 155 cm³/mol. The molecule has 0 aromatic heterocycles. The van der Waals surface area contributed by atoms with Gasteiger partial charge in [-0.15, -0.1) is 11.8 Å². The molecule has 0 aliphatic heterocycles. The molecule has 0 radical (unpaired) electrons. The maximum Gasteiger partial charge on any atom is 0.243 e. The molecule has 2 amide bonds. The van der Waals surface area contributed by atoms with Crippen molar-refractivity contribution in [1.82, 2.24) is 10.2 Å². The van der Waals surface area contributed by atoms with E-state index in [1.807, 2.05) is 78.9 Å². The van der Waals surface area contributed by atoms with Gasteiger partial charge in [-0.1, -0.05) is 79.0 Å². The van der Waals surface area contributed by atoms with Crippen molar-refractivity contribution in [2.45, 2.75) is 56.5 Å². The normalized spacial score (nSPS) is 14.2. The Kier molecular flexibility index (Phi) is 10.5. The number of halogens is 1. The second-order valence-corrected chi connectivity index (χ2v) is 11.1. The van der Waals surface area contributed by atoms with E-state index in [9.17, 15) is 9.59 Å². The fourth-order valence-electron chi connectivity index (χ4n) is 4.77. The summed E-state index contributed by atoms with van der Waals surface area (Å²) in [7, 11) is 1.65. The summed E-state index contributed by atoms with van der Waals surface area (Å²) in [6.45, 7) is 0.342. The van der Waals surface area contributed by atoms with E-state index in [1.54, 1.807) is 23.8 Å². The molecule has 0 saturated heterocycles. The van der Waals surface area contributed by atoms with Crippen molar-refractivity contribution in [1.29, 1.82) is 0 Å². The molecule has 1 atom stereocenters. The first-order valence-corrected chi connectivity index (χ1v) is 14.6. The minimum atomic E-state index is -0.609. The number of hydrogen-bond donors (Lipinski definition) is 1. The highest BCUT2D eigenvalue weighted by atomic mass is 35.5. The Morgan fingerprint density at radius 3 is 2.26 bits per heavy atom. The van der Waals surface area contributed by atoms with E-state index in [2.05, 4.69) is 5.32 Å². The van der Waals surface area contributed by atoms with Crippen molar-refractivity contribution in [3.05, 3.63) is 101 Å². The van der Waals surface area contributed by atoms with E-state index in [4.69, 9.17) is 16.3 Å². The van der Waals surface area contributed by atoms with Crippen LogP contribution in [0.25, 0.3) is 0 Å². The molecule has 1 fully saturated rings. The molecule has 38 heavy (non-hydrogen) atoms. The third-order valence-corrected chi connectivity index (χ3v) is 8.13. The Labute approximate surface area is 234 Å². The van der Waals surface area contributed by atoms with Gasteiger partial charge < -0.3 is 15.0 Å². The average molecular weight is 551 g/mol. The summed E-state index contributed by atoms with van der Waals surface area (Å²) < 4.78 is 5.24. The predicted octanol–water partition coefficient (Wildman–Crippen LogP) is 6.28. The van der Waals surface area contributed by atoms with E-state index >= 15 is 0 Å². The van der Waals surface area contributed by atoms with E-state index in [1.165, 1.54) is 0 Å². The number of benzene rings is 3. The third-order valence-electron chi connectivity index (χ3n) is 6.89. The van der Waals surface area contributed by atoms with Crippen LogP contribution < -0.4 is 10.1 Å². The van der Waals surface area contributed by atoms with Crippen LogP contribution in [0.3, 0.4) is 0 Å². The number of hydrogen-bond acceptors (Lipinski definition) is 4. The number of amides is 2. The number of carbonyl (C=O) groups is 2. The van der Waals surface area contributed by atoms with Crippen molar-refractivity contribution in [3.8, 4) is 5.75 Å². The van der Waals surface area contributed by atoms with E-state index in [0.717, 1.165) is 48.1 Å². The van der Waals surface area contributed by atoms with Crippen molar-refractivity contribution in [2.24, 2.45) is 0 Å². The van der Waals surface area contributed by atoms with Crippen LogP contribution in [-0.4, -0.2) is 41.7 Å². The largest absolute Gasteiger partial charge is 0.497 e. The highest BCUT2D eigenvalue weighted by Crippen LogP contribution is 2.22. The van der Waals surface area contributed by atoms with Crippen LogP contribution >= 0.6 is 23.4 Å². The van der Waals surface area contributed by atoms with Crippen LogP contribution in [0.2, 0.25) is 5.02 Å². The summed E-state index contributed by atoms with van der Waals surface area (Å²) in [5.74, 6) is 1.65. The zero-order valence-corrected chi connectivity index (χ0v) is 23.3. The molecule has 1 aliphatic carbocycles. The van der Waals surface area contributed by atoms with Gasteiger partial charge in [0.25, 0.3) is 0 Å². The number of carbonyl (C=O) groups excluding carboxylic acids is 2. The van der Waals surface area contributed by atoms with Crippen LogP contribution in [0.5, 0.6) is 5.75 Å². The average Bonchev–Trinajstić information content (AvgIpc) is 3.45. The highest BCUT2D eigenvalue weighted by Gasteiger charge is 2.32. The molecule has 5 nitrogen and oxygen atoms in total. The molecule has 0 heterocycles. The van der Waals surface area contributed by atoms with E-state index in [-0.39, 0.29) is 23.6 Å². The molecule has 4 rings (SSSR count). The zero-order valence-electron chi connectivity index (χ0n) is 21.8. The first kappa shape index (κ1) is 28.1. The fraction of sp³-hybridized carbons (Fsp3) is 0.355. The Balaban J connectivity index is 1.54. The van der Waals surface area contributed by atoms with Gasteiger partial charge in [-0.2, -0.15) is 0 Å². The lowest BCUT2D eigenvalue weighted by Crippen LogP contribution is -2.52. The quantitative estimate of drug-likeness (QED) is 0.288. The van der Waals surface area contributed by atoms with Gasteiger partial charge in [0, 0.05) is 29.8 Å². The summed E-state index contributed by atoms with van der Waals surface area (Å²) in [5, 5.41) is 3.89. The topological polar surface area (TPSA) is 58.6 Å². The van der Waals surface area contributed by atoms with Crippen molar-refractivity contribution >= 4 is 35.2 Å². The maximum atomic E-state index is 13.8. The van der Waals surface area contributed by atoms with Crippen molar-refractivity contribution < 1.29 is 14.3 Å². The number of nitrogens with zero attached hydrogens (tertiary/aromatic N) is 1. The van der Waals surface area contributed by atoms with Crippen LogP contribution in [-0.2, 0) is 28.3 Å². The summed E-state index contributed by atoms with van der Waals surface area (Å²) in [5.41, 5.74) is 3.08. The molecule has 3 aromatic rings. The lowest BCUT2D eigenvalue weighted by Gasteiger charge is -2.32. The third kappa shape index (κ3) is 8.27. The lowest BCUT2D eigenvalue weighted by molar-refractivity contribution is -0.139. The van der Waals surface area contributed by atoms with E-state index in [0.29, 0.717) is 23.7 Å². The van der Waals surface area contributed by atoms with E-state index < -0.39 is 6.04 Å². The Bertz CT molecular complexity index is 1170. The van der Waals surface area contributed by atoms with Gasteiger partial charge in [0.1, 0.15) is 11.8 Å². The Morgan fingerprint density at radius 2 is 1.61 bits per heavy atom. The zero-order chi connectivity index (χ0) is 26.7. The molecule has 200 valence electrons. The molecule has 0 bridgehead atoms. The van der Waals surface area contributed by atoms with Gasteiger partial charge in [-0.05, 0) is 53.8 Å². The molecule has 7 heteroatoms. The van der Waals surface area contributed by atoms with Crippen LogP contribution in [0, 0.1) is 0 Å². The SMILES string of the molecule is COc1ccc(CSCC(=O)N(Cc2ccc(Cl)cc2)[C@@H](Cc2ccccc2)C(=O)NC2CCCC2)cc1. The summed E-state index contributed by atoms with van der Waals surface area (Å²) >= 11 is 7.67. The van der Waals surface area contributed by atoms with Crippen molar-refractivity contribution in [2.75, 3.05) is 12.9 Å². The highest BCUT2D eigenvalue weighted by molar-refractivity contribution is 7.99. The Hall–Kier alpha value is -2.96. The first-order valence-electron chi connectivity index (χ1n) is 13.1. The van der Waals surface area contributed by atoms with Crippen LogP contribution in [0.15, 0.2) is 78.9 Å². The maximum absolute atomic E-state index is 13.8. The monoisotopic (exact) mass is 550 g/mol. The number of ether oxygens (including phenoxy) is 1. The first-order chi connectivity index (χ1) is 18.5. The smallest absolute Gasteiger partial charge is 0.243 e.